The van der Waals surface area contributed by atoms with Crippen molar-refractivity contribution in [3.8, 4) is 0 Å². The van der Waals surface area contributed by atoms with Crippen LogP contribution in [0.2, 0.25) is 0 Å². The van der Waals surface area contributed by atoms with E-state index < -0.39 is 38.2 Å². The summed E-state index contributed by atoms with van der Waals surface area (Å²) in [6.45, 7) is 0.916. The zero-order valence-corrected chi connectivity index (χ0v) is 11.9. The number of carbonyl (C=O) groups is 1. The molecule has 0 aliphatic carbocycles. The highest BCUT2D eigenvalue weighted by Gasteiger charge is 2.34. The summed E-state index contributed by atoms with van der Waals surface area (Å²) in [5.41, 5.74) is -1.41. The summed E-state index contributed by atoms with van der Waals surface area (Å²) in [6.07, 6.45) is -4.82. The van der Waals surface area contributed by atoms with Gasteiger partial charge in [-0.1, -0.05) is 6.07 Å². The predicted octanol–water partition coefficient (Wildman–Crippen LogP) is 2.16. The standard InChI is InChI=1S/C12H14F3NO4S/c1-8-9(12(13,14)15)4-2-5-10(8)21(19,20)16-7-3-6-11(17)18/h2,4-5,16H,3,6-7H2,1H3,(H,17,18). The number of halogens is 3. The van der Waals surface area contributed by atoms with Crippen LogP contribution in [0.25, 0.3) is 0 Å². The topological polar surface area (TPSA) is 83.5 Å². The maximum atomic E-state index is 12.7. The number of carboxylic acid groups (broad SMARTS) is 1. The van der Waals surface area contributed by atoms with E-state index in [0.29, 0.717) is 0 Å². The number of aliphatic carboxylic acids is 1. The van der Waals surface area contributed by atoms with Gasteiger partial charge < -0.3 is 5.11 Å². The minimum absolute atomic E-state index is 0.0482. The average Bonchev–Trinajstić information content (AvgIpc) is 2.33. The molecule has 0 amide bonds. The maximum absolute atomic E-state index is 12.7. The number of carboxylic acids is 1. The molecule has 0 saturated carbocycles. The van der Waals surface area contributed by atoms with Gasteiger partial charge in [0.15, 0.2) is 0 Å². The van der Waals surface area contributed by atoms with Gasteiger partial charge in [0.2, 0.25) is 10.0 Å². The molecule has 0 aromatic heterocycles. The smallest absolute Gasteiger partial charge is 0.416 e. The molecule has 0 radical (unpaired) electrons. The van der Waals surface area contributed by atoms with Crippen molar-refractivity contribution in [1.82, 2.24) is 4.72 Å². The normalized spacial score (nSPS) is 12.4. The third-order valence-electron chi connectivity index (χ3n) is 2.74. The zero-order chi connectivity index (χ0) is 16.3. The lowest BCUT2D eigenvalue weighted by atomic mass is 10.1. The summed E-state index contributed by atoms with van der Waals surface area (Å²) in [6, 6.07) is 2.89. The van der Waals surface area contributed by atoms with Gasteiger partial charge in [-0.05, 0) is 31.0 Å². The quantitative estimate of drug-likeness (QED) is 0.785. The molecule has 0 unspecified atom stereocenters. The van der Waals surface area contributed by atoms with Crippen LogP contribution in [0.15, 0.2) is 23.1 Å². The van der Waals surface area contributed by atoms with Crippen LogP contribution in [0.3, 0.4) is 0 Å². The Labute approximate surface area is 119 Å². The molecule has 0 fully saturated rings. The van der Waals surface area contributed by atoms with Gasteiger partial charge in [0.25, 0.3) is 0 Å². The average molecular weight is 325 g/mol. The first kappa shape index (κ1) is 17.4. The lowest BCUT2D eigenvalue weighted by molar-refractivity contribution is -0.138. The number of benzene rings is 1. The zero-order valence-electron chi connectivity index (χ0n) is 11.1. The molecule has 9 heteroatoms. The number of nitrogens with one attached hydrogen (secondary N) is 1. The van der Waals surface area contributed by atoms with Crippen LogP contribution in [0, 0.1) is 6.92 Å². The van der Waals surface area contributed by atoms with Crippen LogP contribution in [0.5, 0.6) is 0 Å². The van der Waals surface area contributed by atoms with Gasteiger partial charge in [0, 0.05) is 13.0 Å². The first-order valence-corrected chi connectivity index (χ1v) is 7.42. The molecule has 1 aromatic rings. The van der Waals surface area contributed by atoms with Crippen LogP contribution in [-0.2, 0) is 21.0 Å². The monoisotopic (exact) mass is 325 g/mol. The van der Waals surface area contributed by atoms with Crippen LogP contribution >= 0.6 is 0 Å². The Bertz CT molecular complexity index is 626. The van der Waals surface area contributed by atoms with Gasteiger partial charge in [0.1, 0.15) is 0 Å². The molecule has 0 aliphatic heterocycles. The lowest BCUT2D eigenvalue weighted by Crippen LogP contribution is -2.26. The highest BCUT2D eigenvalue weighted by molar-refractivity contribution is 7.89. The van der Waals surface area contributed by atoms with Crippen molar-refractivity contribution in [2.24, 2.45) is 0 Å². The molecule has 0 heterocycles. The van der Waals surface area contributed by atoms with Crippen LogP contribution in [0.1, 0.15) is 24.0 Å². The Morgan fingerprint density at radius 2 is 1.95 bits per heavy atom. The van der Waals surface area contributed by atoms with Crippen molar-refractivity contribution in [3.63, 3.8) is 0 Å². The van der Waals surface area contributed by atoms with Gasteiger partial charge in [0.05, 0.1) is 10.5 Å². The molecular formula is C12H14F3NO4S. The van der Waals surface area contributed by atoms with Crippen molar-refractivity contribution >= 4 is 16.0 Å². The van der Waals surface area contributed by atoms with Crippen LogP contribution < -0.4 is 4.72 Å². The van der Waals surface area contributed by atoms with Gasteiger partial charge in [-0.3, -0.25) is 4.79 Å². The summed E-state index contributed by atoms with van der Waals surface area (Å²) < 4.78 is 64.2. The van der Waals surface area contributed by atoms with E-state index in [2.05, 4.69) is 4.72 Å². The molecule has 2 N–H and O–H groups in total. The van der Waals surface area contributed by atoms with Crippen molar-refractivity contribution in [3.05, 3.63) is 29.3 Å². The lowest BCUT2D eigenvalue weighted by Gasteiger charge is -2.14. The van der Waals surface area contributed by atoms with Crippen molar-refractivity contribution < 1.29 is 31.5 Å². The Hall–Kier alpha value is -1.61. The van der Waals surface area contributed by atoms with Gasteiger partial charge in [-0.2, -0.15) is 13.2 Å². The van der Waals surface area contributed by atoms with Crippen LogP contribution in [0.4, 0.5) is 13.2 Å². The number of rotatable bonds is 6. The van der Waals surface area contributed by atoms with Gasteiger partial charge in [-0.15, -0.1) is 0 Å². The number of sulfonamides is 1. The van der Waals surface area contributed by atoms with Gasteiger partial charge in [-0.25, -0.2) is 13.1 Å². The van der Waals surface area contributed by atoms with E-state index in [9.17, 15) is 26.4 Å². The minimum Gasteiger partial charge on any atom is -0.481 e. The Balaban J connectivity index is 2.97. The highest BCUT2D eigenvalue weighted by atomic mass is 32.2. The Morgan fingerprint density at radius 3 is 2.48 bits per heavy atom. The van der Waals surface area contributed by atoms with E-state index >= 15 is 0 Å². The van der Waals surface area contributed by atoms with E-state index in [0.717, 1.165) is 25.1 Å². The molecule has 0 bridgehead atoms. The van der Waals surface area contributed by atoms with E-state index in [4.69, 9.17) is 5.11 Å². The maximum Gasteiger partial charge on any atom is 0.416 e. The second-order valence-corrected chi connectivity index (χ2v) is 6.06. The minimum atomic E-state index is -4.64. The molecule has 0 aliphatic rings. The fourth-order valence-electron chi connectivity index (χ4n) is 1.74. The first-order valence-electron chi connectivity index (χ1n) is 5.94. The van der Waals surface area contributed by atoms with Crippen molar-refractivity contribution in [1.29, 1.82) is 0 Å². The molecule has 1 aromatic carbocycles. The molecule has 0 spiro atoms. The molecular weight excluding hydrogens is 311 g/mol. The summed E-state index contributed by atoms with van der Waals surface area (Å²) in [4.78, 5) is 9.84. The second kappa shape index (κ2) is 6.44. The van der Waals surface area contributed by atoms with Crippen molar-refractivity contribution in [2.45, 2.75) is 30.8 Å². The Morgan fingerprint density at radius 1 is 1.33 bits per heavy atom. The fraction of sp³-hybridized carbons (Fsp3) is 0.417. The molecule has 118 valence electrons. The number of hydrogen-bond acceptors (Lipinski definition) is 3. The fourth-order valence-corrected chi connectivity index (χ4v) is 3.08. The molecule has 5 nitrogen and oxygen atoms in total. The SMILES string of the molecule is Cc1c(C(F)(F)F)cccc1S(=O)(=O)NCCCC(=O)O. The van der Waals surface area contributed by atoms with E-state index in [1.807, 2.05) is 0 Å². The largest absolute Gasteiger partial charge is 0.481 e. The summed E-state index contributed by atoms with van der Waals surface area (Å²) in [5, 5.41) is 8.43. The van der Waals surface area contributed by atoms with E-state index in [1.165, 1.54) is 0 Å². The summed E-state index contributed by atoms with van der Waals surface area (Å²) in [7, 11) is -4.11. The summed E-state index contributed by atoms with van der Waals surface area (Å²) >= 11 is 0. The second-order valence-electron chi connectivity index (χ2n) is 4.32. The molecule has 1 rings (SSSR count). The van der Waals surface area contributed by atoms with Crippen molar-refractivity contribution in [2.75, 3.05) is 6.54 Å². The van der Waals surface area contributed by atoms with E-state index in [-0.39, 0.29) is 19.4 Å². The molecule has 0 atom stereocenters. The number of hydrogen-bond donors (Lipinski definition) is 2. The third-order valence-corrected chi connectivity index (χ3v) is 4.34. The van der Waals surface area contributed by atoms with Crippen LogP contribution in [-0.4, -0.2) is 26.0 Å². The van der Waals surface area contributed by atoms with E-state index in [1.54, 1.807) is 0 Å². The number of alkyl halides is 3. The Kier molecular flexibility index (Phi) is 5.35. The predicted molar refractivity (Wildman–Crippen MR) is 68.2 cm³/mol. The summed E-state index contributed by atoms with van der Waals surface area (Å²) in [5.74, 6) is -1.08. The molecule has 21 heavy (non-hydrogen) atoms. The third kappa shape index (κ3) is 4.71. The van der Waals surface area contributed by atoms with Gasteiger partial charge >= 0.3 is 12.1 Å². The molecule has 0 saturated heterocycles. The first-order chi connectivity index (χ1) is 9.55. The highest BCUT2D eigenvalue weighted by Crippen LogP contribution is 2.34.